The van der Waals surface area contributed by atoms with Crippen LogP contribution in [0.1, 0.15) is 123 Å². The Morgan fingerprint density at radius 1 is 0.485 bits per heavy atom. The number of fused-ring (bicyclic) bond motifs is 5. The maximum Gasteiger partial charge on any atom is 0.220 e. The molecule has 5 aliphatic heterocycles. The molecule has 5 saturated heterocycles. The lowest BCUT2D eigenvalue weighted by Crippen LogP contribution is -2.41. The Morgan fingerprint density at radius 2 is 0.825 bits per heavy atom. The minimum Gasteiger partial charge on any atom is -0.387 e. The van der Waals surface area contributed by atoms with E-state index < -0.39 is 48.6 Å². The number of nitrogens with one attached hydrogen (secondary N) is 2. The number of nitrogen functional groups attached to an aromatic ring is 3. The van der Waals surface area contributed by atoms with E-state index in [1.807, 2.05) is 62.9 Å². The lowest BCUT2D eigenvalue weighted by molar-refractivity contribution is -0.197. The van der Waals surface area contributed by atoms with Crippen molar-refractivity contribution in [3.8, 4) is 0 Å². The quantitative estimate of drug-likeness (QED) is 0.0454. The molecule has 0 bridgehead atoms. The number of carbonyl (C=O) groups excluding carboxylic acids is 2. The van der Waals surface area contributed by atoms with Crippen molar-refractivity contribution in [2.24, 2.45) is 5.73 Å². The van der Waals surface area contributed by atoms with Gasteiger partial charge >= 0.3 is 0 Å². The number of anilines is 3. The molecule has 5 fully saturated rings. The highest BCUT2D eigenvalue weighted by atomic mass is 16.8. The third-order valence-electron chi connectivity index (χ3n) is 19.1. The van der Waals surface area contributed by atoms with E-state index in [1.165, 1.54) is 42.0 Å². The lowest BCUT2D eigenvalue weighted by Gasteiger charge is -2.27. The third-order valence-corrected chi connectivity index (χ3v) is 19.1. The van der Waals surface area contributed by atoms with Gasteiger partial charge < -0.3 is 91.6 Å². The van der Waals surface area contributed by atoms with Gasteiger partial charge in [0.25, 0.3) is 0 Å². The number of likely N-dealkylation sites (N-methyl/N-ethyl adjacent to an activating group) is 3. The summed E-state index contributed by atoms with van der Waals surface area (Å²) in [6.07, 6.45) is 5.16. The monoisotopic (exact) mass is 1430 g/mol. The van der Waals surface area contributed by atoms with Crippen LogP contribution in [0.5, 0.6) is 0 Å². The van der Waals surface area contributed by atoms with Gasteiger partial charge in [0.15, 0.2) is 64.7 Å². The molecule has 5 aliphatic rings. The summed E-state index contributed by atoms with van der Waals surface area (Å²) in [4.78, 5) is 68.7. The van der Waals surface area contributed by atoms with Gasteiger partial charge in [0.05, 0.1) is 19.0 Å². The largest absolute Gasteiger partial charge is 0.387 e. The molecule has 6 aromatic heterocycles. The maximum atomic E-state index is 12.5. The summed E-state index contributed by atoms with van der Waals surface area (Å²) >= 11 is 0. The van der Waals surface area contributed by atoms with Crippen LogP contribution in [-0.4, -0.2) is 242 Å². The van der Waals surface area contributed by atoms with Crippen LogP contribution < -0.4 is 33.6 Å². The number of rotatable bonds is 23. The van der Waals surface area contributed by atoms with Gasteiger partial charge in [-0.05, 0) is 94.8 Å². The fraction of sp³-hybridized carbons (Fsp3) is 0.592. The summed E-state index contributed by atoms with van der Waals surface area (Å²) in [6.45, 7) is 26.1. The molecule has 103 heavy (non-hydrogen) atoms. The number of ether oxygens (including phenoxy) is 7. The molecule has 0 aliphatic carbocycles. The zero-order valence-corrected chi connectivity index (χ0v) is 61.3. The smallest absolute Gasteiger partial charge is 0.220 e. The van der Waals surface area contributed by atoms with Gasteiger partial charge in [0.1, 0.15) is 90.5 Å². The average Bonchev–Trinajstić information content (AvgIpc) is 1.59. The second-order valence-electron chi connectivity index (χ2n) is 30.2. The third kappa shape index (κ3) is 18.0. The Labute approximate surface area is 599 Å². The van der Waals surface area contributed by atoms with Gasteiger partial charge in [-0.15, -0.1) is 0 Å². The van der Waals surface area contributed by atoms with E-state index in [0.29, 0.717) is 117 Å². The molecule has 12 atom stereocenters. The maximum absolute atomic E-state index is 12.5. The fourth-order valence-electron chi connectivity index (χ4n) is 13.6. The number of aliphatic hydroxyl groups excluding tert-OH is 2. The topological polar surface area (TPSA) is 408 Å². The zero-order chi connectivity index (χ0) is 73.9. The molecule has 11 heterocycles. The molecule has 32 heteroatoms. The standard InChI is InChI=1S/C29H41N7O4.C26H37N7O4.C16H25N7O3/c1-28(2,3)19-10-7-18(8-11-19)9-12-21(37)31-13-14-35(6)15-20-23-24(40-29(4,5)39-23)27(38-20)36-17-34-22-25(30)32-16-33-26(22)36;1-26(2,3)17-8-5-16(6-9-17)7-10-19(34)28-11-12-32(4)13-18-21(35)22(36)25(37-18)33-15-31-20-23(27)29-14-30-24(20)33;1-16(2)25-11-9(6-22(3)5-4-17)24-15(12(11)26-16)23-8-21-10-13(18)19-7-20-14(10)23/h7-8,10-11,16-17,20,23-24,27H,9,12-15H2,1-6H3,(H,31,37)(H2,30,32,33);5-6,8-9,14-15,18,21-22,25,35-36H,7,10-13H2,1-4H3,(H,28,34)(H2,27,29,30);7-9,11-12,15H,4-6,17H2,1-3H3,(H2,18,19,20)/t20-,23-,24-,27-;18-,21-,22-,25-;9-,11-,12-,15-/m111/s1. The molecular weight excluding hydrogens is 1320 g/mol. The molecule has 13 rings (SSSR count). The number of aliphatic hydroxyl groups is 2. The van der Waals surface area contributed by atoms with Crippen molar-refractivity contribution in [2.75, 3.05) is 97.2 Å². The summed E-state index contributed by atoms with van der Waals surface area (Å²) in [5.74, 6) is -0.479. The minimum absolute atomic E-state index is 0.00539. The number of amides is 2. The van der Waals surface area contributed by atoms with Crippen LogP contribution in [0.25, 0.3) is 33.5 Å². The molecule has 0 saturated carbocycles. The van der Waals surface area contributed by atoms with Gasteiger partial charge in [-0.1, -0.05) is 90.1 Å². The van der Waals surface area contributed by atoms with Crippen molar-refractivity contribution >= 4 is 62.8 Å². The van der Waals surface area contributed by atoms with Crippen LogP contribution >= 0.6 is 0 Å². The van der Waals surface area contributed by atoms with Crippen molar-refractivity contribution in [1.82, 2.24) is 83.9 Å². The lowest BCUT2D eigenvalue weighted by atomic mass is 9.86. The molecule has 0 unspecified atom stereocenters. The van der Waals surface area contributed by atoms with Crippen LogP contribution in [0, 0.1) is 0 Å². The first-order chi connectivity index (χ1) is 48.8. The SMILES string of the molecule is CN(CCN)C[C@H]1O[C@@H](n2cnc3c(N)ncnc32)[C@@H]2OC(C)(C)O[C@@H]21.CN(CCNC(=O)CCc1ccc(C(C)(C)C)cc1)C[C@H]1O[C@@H](n2cnc3c(N)ncnc32)[C@@H]2OC(C)(C)O[C@@H]21.CN(CCNC(=O)CCc1ccc(C(C)(C)C)cc1)C[C@H]1O[C@@H](n2cnc3c(N)ncnc32)[C@H](O)[C@@H]1O. The first-order valence-electron chi connectivity index (χ1n) is 35.2. The van der Waals surface area contributed by atoms with Crippen molar-refractivity contribution < 1.29 is 53.0 Å². The van der Waals surface area contributed by atoms with Crippen molar-refractivity contribution in [3.05, 3.63) is 109 Å². The van der Waals surface area contributed by atoms with Gasteiger partial charge in [-0.3, -0.25) is 23.3 Å². The first kappa shape index (κ1) is 76.1. The van der Waals surface area contributed by atoms with E-state index in [9.17, 15) is 19.8 Å². The van der Waals surface area contributed by atoms with Crippen LogP contribution in [0.4, 0.5) is 17.5 Å². The van der Waals surface area contributed by atoms with Gasteiger partial charge in [0.2, 0.25) is 11.8 Å². The molecule has 558 valence electrons. The Morgan fingerprint density at radius 3 is 1.19 bits per heavy atom. The number of aryl methyl sites for hydroxylation is 2. The second-order valence-corrected chi connectivity index (χ2v) is 30.2. The number of hydrogen-bond acceptors (Lipinski definition) is 27. The predicted octanol–water partition coefficient (Wildman–Crippen LogP) is 3.53. The van der Waals surface area contributed by atoms with Crippen LogP contribution in [0.15, 0.2) is 86.5 Å². The number of carbonyl (C=O) groups is 2. The molecular formula is C71H103N21O11. The highest BCUT2D eigenvalue weighted by Gasteiger charge is 2.58. The Balaban J connectivity index is 0.000000158. The Hall–Kier alpha value is -8.09. The van der Waals surface area contributed by atoms with Crippen LogP contribution in [0.3, 0.4) is 0 Å². The van der Waals surface area contributed by atoms with Gasteiger partial charge in [-0.25, -0.2) is 44.9 Å². The van der Waals surface area contributed by atoms with Gasteiger partial charge in [-0.2, -0.15) is 0 Å². The van der Waals surface area contributed by atoms with E-state index in [1.54, 1.807) is 17.2 Å². The summed E-state index contributed by atoms with van der Waals surface area (Å²) in [6, 6.07) is 17.0. The molecule has 12 N–H and O–H groups in total. The van der Waals surface area contributed by atoms with E-state index >= 15 is 0 Å². The summed E-state index contributed by atoms with van der Waals surface area (Å²) in [7, 11) is 5.90. The minimum atomic E-state index is -1.16. The number of aromatic nitrogens is 12. The highest BCUT2D eigenvalue weighted by Crippen LogP contribution is 2.46. The van der Waals surface area contributed by atoms with Crippen LogP contribution in [0.2, 0.25) is 0 Å². The molecule has 32 nitrogen and oxygen atoms in total. The van der Waals surface area contributed by atoms with E-state index in [-0.39, 0.29) is 65.1 Å². The summed E-state index contributed by atoms with van der Waals surface area (Å²) in [5.41, 5.74) is 31.6. The van der Waals surface area contributed by atoms with E-state index in [2.05, 4.69) is 155 Å². The summed E-state index contributed by atoms with van der Waals surface area (Å²) in [5, 5.41) is 27.2. The van der Waals surface area contributed by atoms with Gasteiger partial charge in [0, 0.05) is 71.7 Å². The number of benzene rings is 2. The molecule has 2 aromatic carbocycles. The number of nitrogens with zero attached hydrogens (tertiary/aromatic N) is 15. The van der Waals surface area contributed by atoms with Crippen molar-refractivity contribution in [2.45, 2.75) is 191 Å². The zero-order valence-electron chi connectivity index (χ0n) is 61.3. The van der Waals surface area contributed by atoms with E-state index in [0.717, 1.165) is 18.5 Å². The summed E-state index contributed by atoms with van der Waals surface area (Å²) < 4.78 is 48.8. The average molecular weight is 1430 g/mol. The normalized spacial score (nSPS) is 25.0. The molecule has 0 spiro atoms. The Kier molecular flexibility index (Phi) is 23.4. The highest BCUT2D eigenvalue weighted by molar-refractivity contribution is 5.83. The molecule has 0 radical (unpaired) electrons. The molecule has 8 aromatic rings. The molecule has 2 amide bonds. The number of hydrogen-bond donors (Lipinski definition) is 8. The van der Waals surface area contributed by atoms with E-state index in [4.69, 9.17) is 56.1 Å². The predicted molar refractivity (Wildman–Crippen MR) is 385 cm³/mol. The van der Waals surface area contributed by atoms with Crippen molar-refractivity contribution in [1.29, 1.82) is 0 Å². The van der Waals surface area contributed by atoms with Crippen molar-refractivity contribution in [3.63, 3.8) is 0 Å². The first-order valence-corrected chi connectivity index (χ1v) is 35.2. The number of imidazole rings is 3. The Bertz CT molecular complexity index is 4160. The number of nitrogens with two attached hydrogens (primary N) is 4. The fourth-order valence-corrected chi connectivity index (χ4v) is 13.6. The van der Waals surface area contributed by atoms with Crippen LogP contribution in [-0.2, 0) is 66.4 Å². The second kappa shape index (κ2) is 31.7.